The van der Waals surface area contributed by atoms with Crippen LogP contribution < -0.4 is 0 Å². The van der Waals surface area contributed by atoms with Crippen molar-refractivity contribution in [1.29, 1.82) is 0 Å². The number of carbonyl (C=O) groups excluding carboxylic acids is 3. The molecule has 0 unspecified atom stereocenters. The van der Waals surface area contributed by atoms with Gasteiger partial charge in [-0.3, -0.25) is 14.4 Å². The number of carbonyl (C=O) groups is 3. The zero-order chi connectivity index (χ0) is 9.02. The van der Waals surface area contributed by atoms with E-state index in [0.717, 1.165) is 0 Å². The summed E-state index contributed by atoms with van der Waals surface area (Å²) in [6, 6.07) is 0. The van der Waals surface area contributed by atoms with Crippen LogP contribution in [0.4, 0.5) is 0 Å². The van der Waals surface area contributed by atoms with E-state index < -0.39 is 11.6 Å². The summed E-state index contributed by atoms with van der Waals surface area (Å²) in [5.74, 6) is -1.35. The van der Waals surface area contributed by atoms with Crippen LogP contribution in [-0.2, 0) is 14.4 Å². The molecule has 0 saturated carbocycles. The second-order valence-electron chi connectivity index (χ2n) is 2.32. The molecule has 0 aliphatic carbocycles. The topological polar surface area (TPSA) is 51.2 Å². The van der Waals surface area contributed by atoms with Crippen LogP contribution in [0.1, 0.15) is 20.3 Å². The molecule has 60 valence electrons. The Bertz CT molecular complexity index is 201. The molecule has 0 spiro atoms. The van der Waals surface area contributed by atoms with Gasteiger partial charge in [0.15, 0.2) is 11.6 Å². The van der Waals surface area contributed by atoms with Gasteiger partial charge >= 0.3 is 0 Å². The van der Waals surface area contributed by atoms with E-state index in [4.69, 9.17) is 0 Å². The maximum Gasteiger partial charge on any atom is 0.202 e. The normalized spacial score (nSPS) is 8.91. The van der Waals surface area contributed by atoms with Gasteiger partial charge in [-0.2, -0.15) is 0 Å². The van der Waals surface area contributed by atoms with Gasteiger partial charge < -0.3 is 0 Å². The molecular weight excluding hydrogens is 144 g/mol. The predicted molar refractivity (Wildman–Crippen MR) is 40.1 cm³/mol. The Balaban J connectivity index is 4.07. The molecule has 0 radical (unpaired) electrons. The van der Waals surface area contributed by atoms with Crippen molar-refractivity contribution in [2.24, 2.45) is 0 Å². The molecule has 3 nitrogen and oxygen atoms in total. The highest BCUT2D eigenvalue weighted by Crippen LogP contribution is 2.00. The van der Waals surface area contributed by atoms with Crippen molar-refractivity contribution in [3.8, 4) is 0 Å². The quantitative estimate of drug-likeness (QED) is 0.442. The van der Waals surface area contributed by atoms with E-state index in [1.165, 1.54) is 13.8 Å². The predicted octanol–water partition coefficient (Wildman–Crippen LogP) is 0.680. The summed E-state index contributed by atoms with van der Waals surface area (Å²) in [5, 5.41) is 0. The molecule has 0 N–H and O–H groups in total. The summed E-state index contributed by atoms with van der Waals surface area (Å²) >= 11 is 0. The van der Waals surface area contributed by atoms with Gasteiger partial charge in [-0.05, 0) is 12.5 Å². The Hall–Kier alpha value is -1.25. The molecule has 0 bridgehead atoms. The monoisotopic (exact) mass is 154 g/mol. The fourth-order valence-corrected chi connectivity index (χ4v) is 0.443. The van der Waals surface area contributed by atoms with Crippen LogP contribution in [0.5, 0.6) is 0 Å². The lowest BCUT2D eigenvalue weighted by Gasteiger charge is -1.95. The molecule has 0 aliphatic rings. The molecule has 11 heavy (non-hydrogen) atoms. The lowest BCUT2D eigenvalue weighted by Crippen LogP contribution is -2.12. The smallest absolute Gasteiger partial charge is 0.202 e. The molecule has 3 heteroatoms. The maximum atomic E-state index is 10.7. The Labute approximate surface area is 65.1 Å². The van der Waals surface area contributed by atoms with Gasteiger partial charge in [0, 0.05) is 13.3 Å². The SMILES string of the molecule is C=C(CC(=O)C(C)=O)C(C)=O. The van der Waals surface area contributed by atoms with E-state index in [9.17, 15) is 14.4 Å². The molecule has 0 aromatic heterocycles. The minimum Gasteiger partial charge on any atom is -0.295 e. The van der Waals surface area contributed by atoms with Crippen LogP contribution in [0, 0.1) is 0 Å². The first-order valence-corrected chi connectivity index (χ1v) is 3.17. The van der Waals surface area contributed by atoms with Gasteiger partial charge in [0.05, 0.1) is 0 Å². The van der Waals surface area contributed by atoms with Crippen molar-refractivity contribution in [1.82, 2.24) is 0 Å². The Morgan fingerprint density at radius 3 is 1.82 bits per heavy atom. The number of hydrogen-bond acceptors (Lipinski definition) is 3. The second kappa shape index (κ2) is 3.81. The van der Waals surface area contributed by atoms with Gasteiger partial charge in [0.2, 0.25) is 5.78 Å². The Kier molecular flexibility index (Phi) is 3.37. The van der Waals surface area contributed by atoms with Gasteiger partial charge in [-0.25, -0.2) is 0 Å². The summed E-state index contributed by atoms with van der Waals surface area (Å²) in [7, 11) is 0. The number of Topliss-reactive ketones (excluding diaryl/α,β-unsaturated/α-hetero) is 3. The summed E-state index contributed by atoms with van der Waals surface area (Å²) in [4.78, 5) is 31.6. The van der Waals surface area contributed by atoms with Gasteiger partial charge in [-0.1, -0.05) is 6.58 Å². The molecular formula is C8H10O3. The lowest BCUT2D eigenvalue weighted by molar-refractivity contribution is -0.135. The van der Waals surface area contributed by atoms with Gasteiger partial charge in [-0.15, -0.1) is 0 Å². The van der Waals surface area contributed by atoms with Crippen molar-refractivity contribution in [2.75, 3.05) is 0 Å². The molecule has 0 amide bonds. The van der Waals surface area contributed by atoms with Crippen LogP contribution in [0.25, 0.3) is 0 Å². The lowest BCUT2D eigenvalue weighted by atomic mass is 10.1. The number of hydrogen-bond donors (Lipinski definition) is 0. The van der Waals surface area contributed by atoms with Crippen LogP contribution in [0.15, 0.2) is 12.2 Å². The van der Waals surface area contributed by atoms with E-state index >= 15 is 0 Å². The molecule has 0 aromatic carbocycles. The molecule has 0 saturated heterocycles. The van der Waals surface area contributed by atoms with Crippen molar-refractivity contribution in [2.45, 2.75) is 20.3 Å². The van der Waals surface area contributed by atoms with E-state index in [-0.39, 0.29) is 17.8 Å². The molecule has 0 aliphatic heterocycles. The highest BCUT2D eigenvalue weighted by atomic mass is 16.2. The standard InChI is InChI=1S/C8H10O3/c1-5(6(2)9)4-8(11)7(3)10/h1,4H2,2-3H3. The van der Waals surface area contributed by atoms with Crippen molar-refractivity contribution in [3.05, 3.63) is 12.2 Å². The highest BCUT2D eigenvalue weighted by Gasteiger charge is 2.11. The second-order valence-corrected chi connectivity index (χ2v) is 2.32. The van der Waals surface area contributed by atoms with Gasteiger partial charge in [0.1, 0.15) is 0 Å². The first kappa shape index (κ1) is 9.75. The van der Waals surface area contributed by atoms with E-state index in [0.29, 0.717) is 0 Å². The number of allylic oxidation sites excluding steroid dienone is 1. The van der Waals surface area contributed by atoms with Crippen LogP contribution in [-0.4, -0.2) is 17.3 Å². The summed E-state index contributed by atoms with van der Waals surface area (Å²) in [5.41, 5.74) is 0.185. The Morgan fingerprint density at radius 1 is 1.09 bits per heavy atom. The molecule has 0 heterocycles. The molecule has 0 fully saturated rings. The summed E-state index contributed by atoms with van der Waals surface area (Å²) in [6.45, 7) is 5.85. The summed E-state index contributed by atoms with van der Waals surface area (Å²) < 4.78 is 0. The third-order valence-corrected chi connectivity index (χ3v) is 1.26. The molecule has 0 rings (SSSR count). The fourth-order valence-electron chi connectivity index (χ4n) is 0.443. The maximum absolute atomic E-state index is 10.7. The third-order valence-electron chi connectivity index (χ3n) is 1.26. The average molecular weight is 154 g/mol. The Morgan fingerprint density at radius 2 is 1.55 bits per heavy atom. The zero-order valence-electron chi connectivity index (χ0n) is 6.64. The first-order valence-electron chi connectivity index (χ1n) is 3.17. The van der Waals surface area contributed by atoms with Crippen molar-refractivity contribution >= 4 is 17.3 Å². The first-order chi connectivity index (χ1) is 4.95. The fraction of sp³-hybridized carbons (Fsp3) is 0.375. The van der Waals surface area contributed by atoms with Gasteiger partial charge in [0.25, 0.3) is 0 Å². The van der Waals surface area contributed by atoms with Crippen LogP contribution in [0.3, 0.4) is 0 Å². The van der Waals surface area contributed by atoms with E-state index in [1.807, 2.05) is 0 Å². The minimum absolute atomic E-state index is 0.148. The van der Waals surface area contributed by atoms with E-state index in [1.54, 1.807) is 0 Å². The third kappa shape index (κ3) is 3.45. The minimum atomic E-state index is -0.565. The molecule has 0 atom stereocenters. The van der Waals surface area contributed by atoms with E-state index in [2.05, 4.69) is 6.58 Å². The van der Waals surface area contributed by atoms with Crippen molar-refractivity contribution in [3.63, 3.8) is 0 Å². The average Bonchev–Trinajstić information content (AvgIpc) is 1.87. The van der Waals surface area contributed by atoms with Crippen LogP contribution >= 0.6 is 0 Å². The van der Waals surface area contributed by atoms with Crippen LogP contribution in [0.2, 0.25) is 0 Å². The number of ketones is 3. The molecule has 0 aromatic rings. The highest BCUT2D eigenvalue weighted by molar-refractivity contribution is 6.37. The number of rotatable bonds is 4. The largest absolute Gasteiger partial charge is 0.295 e. The zero-order valence-corrected chi connectivity index (χ0v) is 6.64. The summed E-state index contributed by atoms with van der Waals surface area (Å²) in [6.07, 6.45) is -0.148. The van der Waals surface area contributed by atoms with Crippen molar-refractivity contribution < 1.29 is 14.4 Å².